The molecule has 3 atom stereocenters. The topological polar surface area (TPSA) is 147 Å². The first-order chi connectivity index (χ1) is 17.1. The van der Waals surface area contributed by atoms with E-state index in [1.165, 1.54) is 48.5 Å². The van der Waals surface area contributed by atoms with Crippen LogP contribution in [0.25, 0.3) is 11.1 Å². The Labute approximate surface area is 214 Å². The molecule has 0 aromatic heterocycles. The molecule has 0 heterocycles. The maximum absolute atomic E-state index is 14.6. The van der Waals surface area contributed by atoms with Crippen molar-refractivity contribution in [2.24, 2.45) is 17.4 Å². The molecule has 2 aromatic rings. The fourth-order valence-corrected chi connectivity index (χ4v) is 4.73. The number of carbonyl (C=O) groups excluding carboxylic acids is 2. The van der Waals surface area contributed by atoms with Gasteiger partial charge in [0.25, 0.3) is 0 Å². The van der Waals surface area contributed by atoms with Crippen molar-refractivity contribution < 1.29 is 31.2 Å². The number of hydrogen-bond donors (Lipinski definition) is 2. The predicted molar refractivity (Wildman–Crippen MR) is 131 cm³/mol. The highest BCUT2D eigenvalue weighted by Crippen LogP contribution is 2.42. The first-order valence-electron chi connectivity index (χ1n) is 11.3. The number of sulfone groups is 1. The van der Waals surface area contributed by atoms with Gasteiger partial charge in [-0.2, -0.15) is 18.4 Å². The van der Waals surface area contributed by atoms with Gasteiger partial charge in [-0.15, -0.1) is 0 Å². The van der Waals surface area contributed by atoms with Gasteiger partial charge >= 0.3 is 6.18 Å². The number of primary amides is 2. The standard InChI is InChI=1S/C25H29F3N4O4S/c1-15(2)12-21(24(31)34)32(19(14-29)13-22(30)33)23(25(26,27)28)18-6-4-16(5-7-18)17-8-10-20(11-9-17)37(3,35)36/h4-11,15,19,21,23H,12-13H2,1-3H3,(H2,30,33)(H2,31,34)/t19-,21-,23-/m0/s1. The van der Waals surface area contributed by atoms with Crippen LogP contribution < -0.4 is 11.5 Å². The molecule has 2 aromatic carbocycles. The molecular formula is C25H29F3N4O4S. The van der Waals surface area contributed by atoms with E-state index in [1.54, 1.807) is 19.9 Å². The highest BCUT2D eigenvalue weighted by Gasteiger charge is 2.50. The fourth-order valence-electron chi connectivity index (χ4n) is 4.10. The molecule has 0 aliphatic heterocycles. The summed E-state index contributed by atoms with van der Waals surface area (Å²) in [4.78, 5) is 24.7. The lowest BCUT2D eigenvalue weighted by molar-refractivity contribution is -0.198. The van der Waals surface area contributed by atoms with Gasteiger partial charge in [0.15, 0.2) is 9.84 Å². The molecule has 4 N–H and O–H groups in total. The van der Waals surface area contributed by atoms with Gasteiger partial charge in [-0.25, -0.2) is 8.42 Å². The Kier molecular flexibility index (Phi) is 9.46. The predicted octanol–water partition coefficient (Wildman–Crippen LogP) is 3.33. The minimum absolute atomic E-state index is 0.0797. The normalized spacial score (nSPS) is 14.7. The van der Waals surface area contributed by atoms with E-state index < -0.39 is 52.4 Å². The lowest BCUT2D eigenvalue weighted by atomic mass is 9.93. The Morgan fingerprint density at radius 2 is 1.49 bits per heavy atom. The van der Waals surface area contributed by atoms with E-state index in [9.17, 15) is 36.4 Å². The smallest absolute Gasteiger partial charge is 0.370 e. The molecule has 0 aliphatic carbocycles. The molecule has 2 rings (SSSR count). The highest BCUT2D eigenvalue weighted by atomic mass is 32.2. The SMILES string of the molecule is CC(C)C[C@@H](C(N)=O)N([C@H](C#N)CC(N)=O)[C@@H](c1ccc(-c2ccc(S(C)(=O)=O)cc2)cc1)C(F)(F)F. The van der Waals surface area contributed by atoms with Crippen molar-refractivity contribution >= 4 is 21.7 Å². The Morgan fingerprint density at radius 1 is 1.00 bits per heavy atom. The minimum Gasteiger partial charge on any atom is -0.370 e. The second kappa shape index (κ2) is 11.7. The van der Waals surface area contributed by atoms with Gasteiger partial charge < -0.3 is 11.5 Å². The average molecular weight is 539 g/mol. The zero-order valence-corrected chi connectivity index (χ0v) is 21.4. The number of amides is 2. The van der Waals surface area contributed by atoms with Gasteiger partial charge in [0, 0.05) is 6.26 Å². The van der Waals surface area contributed by atoms with Gasteiger partial charge in [-0.1, -0.05) is 50.2 Å². The van der Waals surface area contributed by atoms with Crippen molar-refractivity contribution in [3.05, 3.63) is 54.1 Å². The first-order valence-corrected chi connectivity index (χ1v) is 13.2. The van der Waals surface area contributed by atoms with Gasteiger partial charge in [-0.3, -0.25) is 14.5 Å². The molecular weight excluding hydrogens is 509 g/mol. The van der Waals surface area contributed by atoms with Gasteiger partial charge in [0.05, 0.1) is 23.4 Å². The molecule has 0 saturated heterocycles. The van der Waals surface area contributed by atoms with E-state index in [0.29, 0.717) is 16.0 Å². The molecule has 8 nitrogen and oxygen atoms in total. The zero-order valence-electron chi connectivity index (χ0n) is 20.6. The lowest BCUT2D eigenvalue weighted by Gasteiger charge is -2.40. The third-order valence-corrected chi connectivity index (χ3v) is 6.87. The van der Waals surface area contributed by atoms with Gasteiger partial charge in [0.2, 0.25) is 11.8 Å². The largest absolute Gasteiger partial charge is 0.408 e. The van der Waals surface area contributed by atoms with E-state index in [-0.39, 0.29) is 22.8 Å². The second-order valence-electron chi connectivity index (χ2n) is 9.17. The van der Waals surface area contributed by atoms with E-state index >= 15 is 0 Å². The number of nitrogens with zero attached hydrogens (tertiary/aromatic N) is 2. The molecule has 0 spiro atoms. The maximum atomic E-state index is 14.6. The molecule has 0 saturated carbocycles. The maximum Gasteiger partial charge on any atom is 0.408 e. The number of nitriles is 1. The van der Waals surface area contributed by atoms with Crippen LogP contribution in [0, 0.1) is 17.2 Å². The van der Waals surface area contributed by atoms with Crippen molar-refractivity contribution in [1.82, 2.24) is 4.90 Å². The van der Waals surface area contributed by atoms with Gasteiger partial charge in [-0.05, 0) is 41.2 Å². The molecule has 12 heteroatoms. The van der Waals surface area contributed by atoms with Crippen LogP contribution in [-0.2, 0) is 19.4 Å². The third-order valence-electron chi connectivity index (χ3n) is 5.74. The Bertz CT molecular complexity index is 1250. The van der Waals surface area contributed by atoms with E-state index in [0.717, 1.165) is 6.26 Å². The average Bonchev–Trinajstić information content (AvgIpc) is 2.78. The van der Waals surface area contributed by atoms with Crippen LogP contribution in [0.15, 0.2) is 53.4 Å². The molecule has 0 unspecified atom stereocenters. The number of nitrogens with two attached hydrogens (primary N) is 2. The summed E-state index contributed by atoms with van der Waals surface area (Å²) in [5, 5.41) is 9.68. The van der Waals surface area contributed by atoms with Crippen LogP contribution >= 0.6 is 0 Å². The minimum atomic E-state index is -4.95. The molecule has 0 radical (unpaired) electrons. The van der Waals surface area contributed by atoms with E-state index in [4.69, 9.17) is 11.5 Å². The van der Waals surface area contributed by atoms with Gasteiger partial charge in [0.1, 0.15) is 12.1 Å². The Morgan fingerprint density at radius 3 is 1.84 bits per heavy atom. The van der Waals surface area contributed by atoms with Crippen molar-refractivity contribution in [2.45, 2.75) is 55.9 Å². The second-order valence-corrected chi connectivity index (χ2v) is 11.2. The van der Waals surface area contributed by atoms with Crippen molar-refractivity contribution in [1.29, 1.82) is 5.26 Å². The molecule has 0 fully saturated rings. The number of carbonyl (C=O) groups is 2. The van der Waals surface area contributed by atoms with Crippen LogP contribution in [0.2, 0.25) is 0 Å². The monoisotopic (exact) mass is 538 g/mol. The molecule has 0 aliphatic rings. The van der Waals surface area contributed by atoms with Crippen LogP contribution in [0.5, 0.6) is 0 Å². The summed E-state index contributed by atoms with van der Waals surface area (Å²) in [6.07, 6.45) is -4.69. The fraction of sp³-hybridized carbons (Fsp3) is 0.400. The summed E-state index contributed by atoms with van der Waals surface area (Å²) in [5.41, 5.74) is 11.5. The summed E-state index contributed by atoms with van der Waals surface area (Å²) < 4.78 is 67.0. The summed E-state index contributed by atoms with van der Waals surface area (Å²) in [5.74, 6) is -2.31. The van der Waals surface area contributed by atoms with E-state index in [1.807, 2.05) is 0 Å². The number of benzene rings is 2. The summed E-state index contributed by atoms with van der Waals surface area (Å²) in [7, 11) is -3.42. The highest BCUT2D eigenvalue weighted by molar-refractivity contribution is 7.90. The van der Waals surface area contributed by atoms with Crippen LogP contribution in [0.1, 0.15) is 38.3 Å². The van der Waals surface area contributed by atoms with Crippen LogP contribution in [-0.4, -0.2) is 49.6 Å². The Balaban J connectivity index is 2.62. The summed E-state index contributed by atoms with van der Waals surface area (Å²) in [6, 6.07) is 7.18. The molecule has 37 heavy (non-hydrogen) atoms. The number of halogens is 3. The Hall–Kier alpha value is -3.43. The number of hydrogen-bond acceptors (Lipinski definition) is 6. The summed E-state index contributed by atoms with van der Waals surface area (Å²) in [6.45, 7) is 3.38. The van der Waals surface area contributed by atoms with E-state index in [2.05, 4.69) is 0 Å². The quantitative estimate of drug-likeness (QED) is 0.449. The van der Waals surface area contributed by atoms with Crippen LogP contribution in [0.3, 0.4) is 0 Å². The molecule has 0 bridgehead atoms. The lowest BCUT2D eigenvalue weighted by Crippen LogP contribution is -2.55. The molecule has 200 valence electrons. The van der Waals surface area contributed by atoms with Crippen LogP contribution in [0.4, 0.5) is 13.2 Å². The van der Waals surface area contributed by atoms with Crippen molar-refractivity contribution in [3.8, 4) is 17.2 Å². The van der Waals surface area contributed by atoms with Crippen molar-refractivity contribution in [2.75, 3.05) is 6.26 Å². The first kappa shape index (κ1) is 29.8. The summed E-state index contributed by atoms with van der Waals surface area (Å²) >= 11 is 0. The van der Waals surface area contributed by atoms with Crippen molar-refractivity contribution in [3.63, 3.8) is 0 Å². The molecule has 2 amide bonds. The number of alkyl halides is 3. The number of rotatable bonds is 11. The zero-order chi connectivity index (χ0) is 28.1. The third kappa shape index (κ3) is 7.77.